The van der Waals surface area contributed by atoms with E-state index in [2.05, 4.69) is 10.1 Å². The second-order valence-electron chi connectivity index (χ2n) is 4.99. The standard InChI is InChI=1S/C17H13N3O/c21-17(14-11-19-20-8-4-3-7-16(14)20)13-9-12-5-1-2-6-15(12)18-10-13/h1-11,17,21H. The van der Waals surface area contributed by atoms with Gasteiger partial charge in [0.15, 0.2) is 0 Å². The van der Waals surface area contributed by atoms with Gasteiger partial charge in [-0.2, -0.15) is 5.10 Å². The van der Waals surface area contributed by atoms with Crippen molar-refractivity contribution in [3.05, 3.63) is 78.2 Å². The van der Waals surface area contributed by atoms with Crippen LogP contribution in [0.25, 0.3) is 16.4 Å². The first kappa shape index (κ1) is 12.1. The fraction of sp³-hybridized carbons (Fsp3) is 0.0588. The highest BCUT2D eigenvalue weighted by molar-refractivity contribution is 5.79. The van der Waals surface area contributed by atoms with Crippen LogP contribution < -0.4 is 0 Å². The number of para-hydroxylation sites is 1. The van der Waals surface area contributed by atoms with Crippen LogP contribution in [0.5, 0.6) is 0 Å². The number of fused-ring (bicyclic) bond motifs is 2. The van der Waals surface area contributed by atoms with E-state index in [-0.39, 0.29) is 0 Å². The maximum absolute atomic E-state index is 10.6. The van der Waals surface area contributed by atoms with Crippen LogP contribution in [0.15, 0.2) is 67.1 Å². The van der Waals surface area contributed by atoms with Crippen molar-refractivity contribution >= 4 is 16.4 Å². The van der Waals surface area contributed by atoms with Gasteiger partial charge in [-0.25, -0.2) is 4.52 Å². The molecule has 1 unspecified atom stereocenters. The first-order valence-electron chi connectivity index (χ1n) is 6.78. The van der Waals surface area contributed by atoms with Gasteiger partial charge in [-0.05, 0) is 24.3 Å². The van der Waals surface area contributed by atoms with E-state index in [9.17, 15) is 5.11 Å². The second-order valence-corrected chi connectivity index (χ2v) is 4.99. The lowest BCUT2D eigenvalue weighted by molar-refractivity contribution is 0.221. The number of pyridine rings is 2. The van der Waals surface area contributed by atoms with Crippen molar-refractivity contribution in [2.24, 2.45) is 0 Å². The van der Waals surface area contributed by atoms with Crippen molar-refractivity contribution in [1.82, 2.24) is 14.6 Å². The summed E-state index contributed by atoms with van der Waals surface area (Å²) >= 11 is 0. The topological polar surface area (TPSA) is 50.4 Å². The van der Waals surface area contributed by atoms with Gasteiger partial charge < -0.3 is 5.11 Å². The summed E-state index contributed by atoms with van der Waals surface area (Å²) in [7, 11) is 0. The van der Waals surface area contributed by atoms with Crippen LogP contribution in [-0.2, 0) is 0 Å². The number of aliphatic hydroxyl groups is 1. The van der Waals surface area contributed by atoms with Gasteiger partial charge in [-0.3, -0.25) is 4.98 Å². The summed E-state index contributed by atoms with van der Waals surface area (Å²) in [4.78, 5) is 4.40. The van der Waals surface area contributed by atoms with Gasteiger partial charge in [0.2, 0.25) is 0 Å². The number of aromatic nitrogens is 3. The molecule has 1 atom stereocenters. The molecule has 0 aliphatic heterocycles. The van der Waals surface area contributed by atoms with Crippen LogP contribution in [0.3, 0.4) is 0 Å². The molecule has 0 saturated heterocycles. The number of nitrogens with zero attached hydrogens (tertiary/aromatic N) is 3. The van der Waals surface area contributed by atoms with Crippen LogP contribution in [0.4, 0.5) is 0 Å². The highest BCUT2D eigenvalue weighted by atomic mass is 16.3. The molecule has 21 heavy (non-hydrogen) atoms. The van der Waals surface area contributed by atoms with Crippen LogP contribution in [0.1, 0.15) is 17.2 Å². The zero-order valence-electron chi connectivity index (χ0n) is 11.2. The lowest BCUT2D eigenvalue weighted by atomic mass is 10.0. The van der Waals surface area contributed by atoms with Crippen LogP contribution >= 0.6 is 0 Å². The fourth-order valence-electron chi connectivity index (χ4n) is 2.58. The molecule has 0 bridgehead atoms. The molecule has 4 heteroatoms. The predicted octanol–water partition coefficient (Wildman–Crippen LogP) is 2.96. The van der Waals surface area contributed by atoms with Crippen LogP contribution in [0.2, 0.25) is 0 Å². The van der Waals surface area contributed by atoms with Crippen molar-refractivity contribution in [2.75, 3.05) is 0 Å². The lowest BCUT2D eigenvalue weighted by Crippen LogP contribution is -2.00. The first-order valence-corrected chi connectivity index (χ1v) is 6.78. The number of aliphatic hydroxyl groups excluding tert-OH is 1. The Balaban J connectivity index is 1.83. The molecule has 0 fully saturated rings. The van der Waals surface area contributed by atoms with Crippen molar-refractivity contribution in [1.29, 1.82) is 0 Å². The summed E-state index contributed by atoms with van der Waals surface area (Å²) in [6, 6.07) is 15.6. The largest absolute Gasteiger partial charge is 0.383 e. The Labute approximate surface area is 121 Å². The van der Waals surface area contributed by atoms with E-state index in [0.717, 1.165) is 27.5 Å². The summed E-state index contributed by atoms with van der Waals surface area (Å²) in [6.07, 6.45) is 4.56. The van der Waals surface area contributed by atoms with Gasteiger partial charge in [0.05, 0.1) is 17.2 Å². The summed E-state index contributed by atoms with van der Waals surface area (Å²) in [6.45, 7) is 0. The Morgan fingerprint density at radius 2 is 1.86 bits per heavy atom. The minimum atomic E-state index is -0.734. The number of hydrogen-bond acceptors (Lipinski definition) is 3. The molecule has 0 radical (unpaired) electrons. The molecule has 0 aliphatic rings. The van der Waals surface area contributed by atoms with E-state index in [1.54, 1.807) is 16.9 Å². The normalized spacial score (nSPS) is 12.8. The Kier molecular flexibility index (Phi) is 2.69. The zero-order chi connectivity index (χ0) is 14.2. The van der Waals surface area contributed by atoms with Gasteiger partial charge in [0, 0.05) is 28.9 Å². The molecule has 0 saturated carbocycles. The van der Waals surface area contributed by atoms with E-state index in [1.165, 1.54) is 0 Å². The van der Waals surface area contributed by atoms with E-state index in [4.69, 9.17) is 0 Å². The van der Waals surface area contributed by atoms with Gasteiger partial charge in [-0.1, -0.05) is 24.3 Å². The highest BCUT2D eigenvalue weighted by Gasteiger charge is 2.16. The monoisotopic (exact) mass is 275 g/mol. The molecule has 1 N–H and O–H groups in total. The predicted molar refractivity (Wildman–Crippen MR) is 81.0 cm³/mol. The Bertz CT molecular complexity index is 929. The Morgan fingerprint density at radius 3 is 2.81 bits per heavy atom. The third kappa shape index (κ3) is 1.97. The second kappa shape index (κ2) is 4.68. The van der Waals surface area contributed by atoms with E-state index in [1.807, 2.05) is 54.7 Å². The van der Waals surface area contributed by atoms with Crippen molar-refractivity contribution in [2.45, 2.75) is 6.10 Å². The minimum Gasteiger partial charge on any atom is -0.383 e. The highest BCUT2D eigenvalue weighted by Crippen LogP contribution is 2.26. The summed E-state index contributed by atoms with van der Waals surface area (Å²) in [5.74, 6) is 0. The number of hydrogen-bond donors (Lipinski definition) is 1. The molecule has 0 spiro atoms. The molecule has 0 aliphatic carbocycles. The van der Waals surface area contributed by atoms with Crippen molar-refractivity contribution in [3.63, 3.8) is 0 Å². The third-order valence-electron chi connectivity index (χ3n) is 3.68. The molecule has 0 amide bonds. The SMILES string of the molecule is OC(c1cnc2ccccc2c1)c1cnn2ccccc12. The third-order valence-corrected chi connectivity index (χ3v) is 3.68. The van der Waals surface area contributed by atoms with Crippen LogP contribution in [-0.4, -0.2) is 19.7 Å². The minimum absolute atomic E-state index is 0.734. The smallest absolute Gasteiger partial charge is 0.109 e. The summed E-state index contributed by atoms with van der Waals surface area (Å²) in [5.41, 5.74) is 3.38. The molecular weight excluding hydrogens is 262 g/mol. The maximum Gasteiger partial charge on any atom is 0.109 e. The van der Waals surface area contributed by atoms with E-state index < -0.39 is 6.10 Å². The quantitative estimate of drug-likeness (QED) is 0.612. The number of benzene rings is 1. The maximum atomic E-state index is 10.6. The van der Waals surface area contributed by atoms with E-state index >= 15 is 0 Å². The Morgan fingerprint density at radius 1 is 1.00 bits per heavy atom. The molecule has 1 aromatic carbocycles. The van der Waals surface area contributed by atoms with Gasteiger partial charge in [0.1, 0.15) is 6.10 Å². The fourth-order valence-corrected chi connectivity index (χ4v) is 2.58. The molecule has 4 rings (SSSR count). The average Bonchev–Trinajstić information content (AvgIpc) is 2.98. The van der Waals surface area contributed by atoms with Crippen molar-refractivity contribution in [3.8, 4) is 0 Å². The van der Waals surface area contributed by atoms with Crippen LogP contribution in [0, 0.1) is 0 Å². The number of rotatable bonds is 2. The van der Waals surface area contributed by atoms with Crippen molar-refractivity contribution < 1.29 is 5.11 Å². The van der Waals surface area contributed by atoms with E-state index in [0.29, 0.717) is 0 Å². The first-order chi connectivity index (χ1) is 10.3. The van der Waals surface area contributed by atoms with Gasteiger partial charge >= 0.3 is 0 Å². The Hall–Kier alpha value is -2.72. The van der Waals surface area contributed by atoms with Gasteiger partial charge in [0.25, 0.3) is 0 Å². The molecular formula is C17H13N3O. The molecule has 4 nitrogen and oxygen atoms in total. The lowest BCUT2D eigenvalue weighted by Gasteiger charge is -2.10. The molecule has 3 heterocycles. The summed E-state index contributed by atoms with van der Waals surface area (Å²) < 4.78 is 1.76. The molecule has 102 valence electrons. The summed E-state index contributed by atoms with van der Waals surface area (Å²) in [5, 5.41) is 15.9. The molecule has 4 aromatic rings. The molecule has 3 aromatic heterocycles. The van der Waals surface area contributed by atoms with Gasteiger partial charge in [-0.15, -0.1) is 0 Å². The average molecular weight is 275 g/mol. The zero-order valence-corrected chi connectivity index (χ0v) is 11.2.